The maximum Gasteiger partial charge on any atom is 0.323 e. The Hall–Kier alpha value is -4.36. The zero-order valence-corrected chi connectivity index (χ0v) is 23.3. The molecular weight excluding hydrogens is 500 g/mol. The van der Waals surface area contributed by atoms with Gasteiger partial charge in [-0.1, -0.05) is 69.3 Å². The van der Waals surface area contributed by atoms with Crippen LogP contribution in [0.25, 0.3) is 0 Å². The Labute approximate surface area is 236 Å². The number of anilines is 2. The monoisotopic (exact) mass is 536 g/mol. The van der Waals surface area contributed by atoms with E-state index in [2.05, 4.69) is 65.6 Å². The van der Waals surface area contributed by atoms with Crippen LogP contribution >= 0.6 is 0 Å². The SMILES string of the molecule is CC(C)(C)c1ccccc1Oc1ncccc1NC(=O)Nc1ccc(OC2CCN(Cc3ccccc3)C2)cc1. The van der Waals surface area contributed by atoms with Gasteiger partial charge in [0.25, 0.3) is 0 Å². The van der Waals surface area contributed by atoms with E-state index in [1.165, 1.54) is 5.56 Å². The molecule has 1 fully saturated rings. The quantitative estimate of drug-likeness (QED) is 0.244. The zero-order chi connectivity index (χ0) is 28.0. The number of para-hydroxylation sites is 1. The number of aromatic nitrogens is 1. The van der Waals surface area contributed by atoms with Crippen molar-refractivity contribution in [3.05, 3.63) is 108 Å². The molecule has 7 nitrogen and oxygen atoms in total. The number of urea groups is 1. The minimum atomic E-state index is -0.386. The van der Waals surface area contributed by atoms with Crippen LogP contribution in [0.4, 0.5) is 16.2 Å². The maximum atomic E-state index is 12.8. The van der Waals surface area contributed by atoms with Crippen LogP contribution in [0.5, 0.6) is 17.4 Å². The van der Waals surface area contributed by atoms with Crippen molar-refractivity contribution in [3.8, 4) is 17.4 Å². The molecule has 3 aromatic carbocycles. The number of benzene rings is 3. The number of carbonyl (C=O) groups is 1. The number of nitrogens with zero attached hydrogens (tertiary/aromatic N) is 2. The fourth-order valence-corrected chi connectivity index (χ4v) is 4.82. The molecule has 1 aliphatic rings. The third kappa shape index (κ3) is 7.18. The number of hydrogen-bond acceptors (Lipinski definition) is 5. The summed E-state index contributed by atoms with van der Waals surface area (Å²) in [4.78, 5) is 19.6. The molecule has 0 aliphatic carbocycles. The van der Waals surface area contributed by atoms with Crippen molar-refractivity contribution >= 4 is 17.4 Å². The van der Waals surface area contributed by atoms with Crippen molar-refractivity contribution in [1.29, 1.82) is 0 Å². The Bertz CT molecular complexity index is 1420. The fraction of sp³-hybridized carbons (Fsp3) is 0.273. The number of likely N-dealkylation sites (tertiary alicyclic amines) is 1. The first-order valence-electron chi connectivity index (χ1n) is 13.7. The van der Waals surface area contributed by atoms with Gasteiger partial charge < -0.3 is 20.1 Å². The molecule has 5 rings (SSSR count). The van der Waals surface area contributed by atoms with Crippen molar-refractivity contribution in [2.45, 2.75) is 45.3 Å². The summed E-state index contributed by atoms with van der Waals surface area (Å²) < 4.78 is 12.4. The van der Waals surface area contributed by atoms with E-state index in [1.54, 1.807) is 18.3 Å². The predicted octanol–water partition coefficient (Wildman–Crippen LogP) is 7.47. The lowest BCUT2D eigenvalue weighted by atomic mass is 9.86. The summed E-state index contributed by atoms with van der Waals surface area (Å²) >= 11 is 0. The normalized spacial score (nSPS) is 15.4. The van der Waals surface area contributed by atoms with Gasteiger partial charge in [-0.05, 0) is 59.9 Å². The molecule has 7 heteroatoms. The molecule has 1 atom stereocenters. The van der Waals surface area contributed by atoms with Crippen LogP contribution in [-0.4, -0.2) is 35.1 Å². The van der Waals surface area contributed by atoms with Gasteiger partial charge in [0.15, 0.2) is 0 Å². The Morgan fingerprint density at radius 3 is 2.45 bits per heavy atom. The van der Waals surface area contributed by atoms with Crippen molar-refractivity contribution < 1.29 is 14.3 Å². The van der Waals surface area contributed by atoms with Gasteiger partial charge in [0.05, 0.1) is 0 Å². The summed E-state index contributed by atoms with van der Waals surface area (Å²) in [5.41, 5.74) is 3.40. The molecule has 1 aliphatic heterocycles. The molecule has 0 spiro atoms. The summed E-state index contributed by atoms with van der Waals surface area (Å²) in [6.07, 6.45) is 2.78. The van der Waals surface area contributed by atoms with Gasteiger partial charge in [0.1, 0.15) is 23.3 Å². The average Bonchev–Trinajstić information content (AvgIpc) is 3.37. The zero-order valence-electron chi connectivity index (χ0n) is 23.3. The van der Waals surface area contributed by atoms with E-state index in [1.807, 2.05) is 54.6 Å². The van der Waals surface area contributed by atoms with E-state index in [0.29, 0.717) is 23.0 Å². The number of hydrogen-bond donors (Lipinski definition) is 2. The van der Waals surface area contributed by atoms with Crippen molar-refractivity contribution in [2.75, 3.05) is 23.7 Å². The molecule has 2 N–H and O–H groups in total. The molecular formula is C33H36N4O3. The molecule has 0 bridgehead atoms. The largest absolute Gasteiger partial charge is 0.489 e. The van der Waals surface area contributed by atoms with Crippen LogP contribution < -0.4 is 20.1 Å². The maximum absolute atomic E-state index is 12.8. The number of nitrogens with one attached hydrogen (secondary N) is 2. The molecule has 1 unspecified atom stereocenters. The first-order valence-corrected chi connectivity index (χ1v) is 13.7. The molecule has 1 aromatic heterocycles. The first kappa shape index (κ1) is 27.2. The van der Waals surface area contributed by atoms with Crippen LogP contribution in [-0.2, 0) is 12.0 Å². The van der Waals surface area contributed by atoms with Gasteiger partial charge in [0.2, 0.25) is 5.88 Å². The van der Waals surface area contributed by atoms with Crippen LogP contribution in [0, 0.1) is 0 Å². The standard InChI is InChI=1S/C33H36N4O3/c1-33(2,3)28-12-7-8-14-30(28)40-31-29(13-9-20-34-31)36-32(38)35-25-15-17-26(18-16-25)39-27-19-21-37(23-27)22-24-10-5-4-6-11-24/h4-18,20,27H,19,21-23H2,1-3H3,(H2,35,36,38). The van der Waals surface area contributed by atoms with Crippen molar-refractivity contribution in [2.24, 2.45) is 0 Å². The second-order valence-corrected chi connectivity index (χ2v) is 11.1. The van der Waals surface area contributed by atoms with Crippen LogP contribution in [0.2, 0.25) is 0 Å². The summed E-state index contributed by atoms with van der Waals surface area (Å²) in [5, 5.41) is 5.74. The third-order valence-electron chi connectivity index (χ3n) is 6.81. The molecule has 0 radical (unpaired) electrons. The lowest BCUT2D eigenvalue weighted by molar-refractivity contribution is 0.198. The highest BCUT2D eigenvalue weighted by Crippen LogP contribution is 2.35. The Morgan fingerprint density at radius 1 is 0.925 bits per heavy atom. The Morgan fingerprint density at radius 2 is 1.68 bits per heavy atom. The Kier molecular flexibility index (Phi) is 8.31. The molecule has 1 saturated heterocycles. The number of rotatable bonds is 8. The first-order chi connectivity index (χ1) is 19.3. The van der Waals surface area contributed by atoms with E-state index in [0.717, 1.165) is 37.4 Å². The number of amides is 2. The smallest absolute Gasteiger partial charge is 0.323 e. The number of carbonyl (C=O) groups excluding carboxylic acids is 1. The molecule has 206 valence electrons. The third-order valence-corrected chi connectivity index (χ3v) is 6.81. The minimum absolute atomic E-state index is 0.106. The number of pyridine rings is 1. The topological polar surface area (TPSA) is 75.7 Å². The van der Waals surface area contributed by atoms with Gasteiger partial charge in [-0.3, -0.25) is 4.90 Å². The summed E-state index contributed by atoms with van der Waals surface area (Å²) in [6, 6.07) is 29.0. The summed E-state index contributed by atoms with van der Waals surface area (Å²) in [5.74, 6) is 1.83. The van der Waals surface area contributed by atoms with Crippen molar-refractivity contribution in [3.63, 3.8) is 0 Å². The van der Waals surface area contributed by atoms with E-state index in [-0.39, 0.29) is 17.6 Å². The minimum Gasteiger partial charge on any atom is -0.489 e. The second kappa shape index (κ2) is 12.2. The van der Waals surface area contributed by atoms with Gasteiger partial charge in [0, 0.05) is 37.1 Å². The lowest BCUT2D eigenvalue weighted by Crippen LogP contribution is -2.24. The highest BCUT2D eigenvalue weighted by molar-refractivity contribution is 6.00. The molecule has 4 aromatic rings. The molecule has 40 heavy (non-hydrogen) atoms. The van der Waals surface area contributed by atoms with E-state index >= 15 is 0 Å². The van der Waals surface area contributed by atoms with Gasteiger partial charge in [-0.15, -0.1) is 0 Å². The summed E-state index contributed by atoms with van der Waals surface area (Å²) in [6.45, 7) is 9.24. The number of ether oxygens (including phenoxy) is 2. The van der Waals surface area contributed by atoms with Gasteiger partial charge in [-0.2, -0.15) is 0 Å². The molecule has 2 amide bonds. The van der Waals surface area contributed by atoms with Gasteiger partial charge >= 0.3 is 6.03 Å². The van der Waals surface area contributed by atoms with Crippen LogP contribution in [0.15, 0.2) is 97.2 Å². The highest BCUT2D eigenvalue weighted by atomic mass is 16.5. The summed E-state index contributed by atoms with van der Waals surface area (Å²) in [7, 11) is 0. The lowest BCUT2D eigenvalue weighted by Gasteiger charge is -2.22. The molecule has 2 heterocycles. The molecule has 0 saturated carbocycles. The highest BCUT2D eigenvalue weighted by Gasteiger charge is 2.24. The average molecular weight is 537 g/mol. The van der Waals surface area contributed by atoms with E-state index in [9.17, 15) is 4.79 Å². The van der Waals surface area contributed by atoms with E-state index in [4.69, 9.17) is 9.47 Å². The fourth-order valence-electron chi connectivity index (χ4n) is 4.82. The second-order valence-electron chi connectivity index (χ2n) is 11.1. The van der Waals surface area contributed by atoms with Crippen LogP contribution in [0.1, 0.15) is 38.3 Å². The Balaban J connectivity index is 1.15. The van der Waals surface area contributed by atoms with E-state index < -0.39 is 0 Å². The van der Waals surface area contributed by atoms with Crippen LogP contribution in [0.3, 0.4) is 0 Å². The van der Waals surface area contributed by atoms with Gasteiger partial charge in [-0.25, -0.2) is 9.78 Å². The predicted molar refractivity (Wildman–Crippen MR) is 159 cm³/mol. The van der Waals surface area contributed by atoms with Crippen molar-refractivity contribution in [1.82, 2.24) is 9.88 Å².